The Hall–Kier alpha value is -13.7. The molecule has 3 aliphatic rings. The van der Waals surface area contributed by atoms with Crippen molar-refractivity contribution in [2.45, 2.75) is 332 Å². The number of hydrogen-bond acceptors (Lipinski definition) is 26. The van der Waals surface area contributed by atoms with Gasteiger partial charge in [-0.15, -0.1) is 0 Å². The number of carboxylic acids is 9. The number of rotatable bonds is 74. The van der Waals surface area contributed by atoms with E-state index in [9.17, 15) is 164 Å². The molecule has 0 bridgehead atoms. The highest BCUT2D eigenvalue weighted by Crippen LogP contribution is 2.49. The van der Waals surface area contributed by atoms with Gasteiger partial charge in [0.2, 0.25) is 47.0 Å². The van der Waals surface area contributed by atoms with Crippen molar-refractivity contribution < 1.29 is 174 Å². The molecule has 16 N–H and O–H groups in total. The summed E-state index contributed by atoms with van der Waals surface area (Å²) in [6.45, 7) is 18.4. The molecule has 3 heterocycles. The quantitative estimate of drug-likeness (QED) is 0.0128. The number of likely N-dealkylation sites (tertiary alicyclic amines) is 1. The van der Waals surface area contributed by atoms with Gasteiger partial charge in [0.25, 0.3) is 10.1 Å². The molecule has 1 fully saturated rings. The van der Waals surface area contributed by atoms with Crippen molar-refractivity contribution in [3.8, 4) is 0 Å². The van der Waals surface area contributed by atoms with Crippen molar-refractivity contribution in [1.29, 1.82) is 0 Å². The number of nitrogens with one attached hydrogen (secondary N) is 6. The molecule has 11 atom stereocenters. The Morgan fingerprint density at radius 1 is 0.450 bits per heavy atom. The molecular formula is C104H144N9O35S+. The second kappa shape index (κ2) is 61.3. The highest BCUT2D eigenvalue weighted by molar-refractivity contribution is 7.85. The van der Waals surface area contributed by atoms with Crippen LogP contribution in [0.2, 0.25) is 0 Å². The number of allylic oxidation sites excluding steroid dienone is 8. The van der Waals surface area contributed by atoms with E-state index in [4.69, 9.17) is 4.74 Å². The zero-order chi connectivity index (χ0) is 111. The van der Waals surface area contributed by atoms with Gasteiger partial charge in [-0.2, -0.15) is 13.0 Å². The first-order chi connectivity index (χ1) is 70.0. The van der Waals surface area contributed by atoms with Crippen LogP contribution in [0, 0.1) is 36.5 Å². The Morgan fingerprint density at radius 3 is 1.28 bits per heavy atom. The van der Waals surface area contributed by atoms with E-state index in [1.807, 2.05) is 76.0 Å². The lowest BCUT2D eigenvalue weighted by Crippen LogP contribution is -2.51. The molecule has 1 saturated heterocycles. The Labute approximate surface area is 864 Å². The summed E-state index contributed by atoms with van der Waals surface area (Å²) in [5.41, 5.74) is 5.61. The summed E-state index contributed by atoms with van der Waals surface area (Å²) in [4.78, 5) is 295. The number of Topliss-reactive ketones (excluding diaryl/α,β-unsaturated/α-hetero) is 6. The molecule has 7 amide bonds. The van der Waals surface area contributed by atoms with Crippen LogP contribution in [0.4, 0.5) is 11.4 Å². The molecule has 0 aromatic heterocycles. The van der Waals surface area contributed by atoms with Crippen LogP contribution in [0.3, 0.4) is 0 Å². The molecule has 0 radical (unpaired) electrons. The molecule has 0 spiro atoms. The zero-order valence-corrected chi connectivity index (χ0v) is 86.5. The molecule has 3 aliphatic heterocycles. The SMILES string of the molecule is CCCC(=O)[C@H](CC(C)C)NC(=O)[C@@H]1CCCN1C(=O)COCCCC(=O)[C@@H](CCC(=O)O)NC(=O)[C@@H](CCC(=O)O)CC(=O)[C@@H](CCC(=O)O)NC(=O)[C@@H](CCC(=O)O)CC(=O)[C@@H](CCC(=O)O)NC(=O)[C@@H](CCC(=O)O)CC(=O)[C@@H](CCC(=O)O)NC(=O)[C@@H](CCC(=O)O)CC(=O)[C@@H](CCC(=O)O)NC(=O)CCCCCN1/C(=C/C=C/C=C/C=C/C2=[N+](CC)c3ccc(C)cc3C2(C)C)C(C)(C)c2cc(S(=O)(=O)O)ccc21. The molecule has 2 aromatic carbocycles. The van der Waals surface area contributed by atoms with Crippen LogP contribution >= 0.6 is 0 Å². The topological polar surface area (TPSA) is 703 Å². The van der Waals surface area contributed by atoms with Crippen LogP contribution < -0.4 is 36.8 Å². The number of benzene rings is 2. The molecule has 820 valence electrons. The minimum absolute atomic E-state index is 0.0645. The molecule has 5 rings (SSSR count). The zero-order valence-electron chi connectivity index (χ0n) is 85.7. The van der Waals surface area contributed by atoms with Gasteiger partial charge in [0, 0.05) is 181 Å². The lowest BCUT2D eigenvalue weighted by Gasteiger charge is -2.27. The predicted octanol–water partition coefficient (Wildman–Crippen LogP) is 8.31. The number of hydrogen-bond donors (Lipinski definition) is 16. The first-order valence-corrected chi connectivity index (χ1v) is 51.6. The molecule has 0 saturated carbocycles. The molecule has 44 nitrogen and oxygen atoms in total. The lowest BCUT2D eigenvalue weighted by atomic mass is 9.81. The van der Waals surface area contributed by atoms with Crippen LogP contribution in [0.1, 0.15) is 284 Å². The molecule has 149 heavy (non-hydrogen) atoms. The normalized spacial score (nSPS) is 16.4. The predicted molar refractivity (Wildman–Crippen MR) is 535 cm³/mol. The number of fused-ring (bicyclic) bond motifs is 2. The molecule has 0 aliphatic carbocycles. The maximum absolute atomic E-state index is 14.6. The van der Waals surface area contributed by atoms with Crippen LogP contribution in [0.5, 0.6) is 0 Å². The third kappa shape index (κ3) is 42.1. The molecule has 45 heteroatoms. The summed E-state index contributed by atoms with van der Waals surface area (Å²) < 4.78 is 42.8. The minimum Gasteiger partial charge on any atom is -0.481 e. The van der Waals surface area contributed by atoms with Crippen molar-refractivity contribution in [2.24, 2.45) is 29.6 Å². The number of carboxylic acid groups (broad SMARTS) is 9. The first-order valence-electron chi connectivity index (χ1n) is 50.2. The van der Waals surface area contributed by atoms with E-state index in [1.54, 1.807) is 6.07 Å². The summed E-state index contributed by atoms with van der Waals surface area (Å²) in [6, 6.07) is -0.239. The van der Waals surface area contributed by atoms with Crippen LogP contribution in [0.25, 0.3) is 0 Å². The maximum atomic E-state index is 14.6. The number of anilines is 1. The van der Waals surface area contributed by atoms with Crippen molar-refractivity contribution >= 4 is 157 Å². The second-order valence-corrected chi connectivity index (χ2v) is 40.6. The fraction of sp³-hybridized carbons (Fsp3) is 0.587. The number of ether oxygens (including phenoxy) is 1. The fourth-order valence-corrected chi connectivity index (χ4v) is 18.8. The fourth-order valence-electron chi connectivity index (χ4n) is 18.3. The number of nitrogens with zero attached hydrogens (tertiary/aromatic N) is 3. The van der Waals surface area contributed by atoms with Gasteiger partial charge < -0.3 is 92.4 Å². The third-order valence-corrected chi connectivity index (χ3v) is 27.2. The Morgan fingerprint density at radius 2 is 0.859 bits per heavy atom. The van der Waals surface area contributed by atoms with E-state index in [-0.39, 0.29) is 60.8 Å². The van der Waals surface area contributed by atoms with E-state index >= 15 is 0 Å². The Kier molecular flexibility index (Phi) is 51.7. The van der Waals surface area contributed by atoms with Gasteiger partial charge in [-0.3, -0.25) is 110 Å². The minimum atomic E-state index is -4.62. The van der Waals surface area contributed by atoms with Crippen LogP contribution in [-0.2, 0) is 131 Å². The number of amides is 7. The van der Waals surface area contributed by atoms with E-state index in [1.165, 1.54) is 22.6 Å². The standard InChI is InChI=1S/C104H143N9O35S/c1-10-22-79(114)75(53-61(3)4)110-102(144)78-23-20-51-113(78)88(121)60-148-52-21-24-80(115)70(34-45-93(130)131)106-98(140)64(30-42-90(124)125)56-82(117)72(36-47-95(134)135)108-100(142)66(32-44-92(128)129)58-84(119)74(38-49-97(138)139)109-101(143)65(31-43-91(126)127)57-83(118)73(37-48-96(136)137)107-99(141)63(29-41-89(122)123)55-81(116)71(35-46-94(132)133)105-87(120)27-18-15-19-50-112-77-40-33-67(149(145,146)147)59-69(77)104(8,9)86(112)26-17-14-12-13-16-25-85-103(6,7)68-54-62(5)28-39-76(68)111(85)11-2/h12-14,16-17,25-26,28,33,39-40,54,59,61,63-66,70-75,78H,10-11,15,18-24,27,29-32,34-38,41-53,55-58,60H2,1-9H3,(H15-,105,106,107,108,109,110,120,122,123,124,125,126,127,128,129,130,131,132,133,134,135,136,137,138,139,140,141,142,143,144,145,146,147)/p+1/t63-,64-,65-,66-,70+,71+,72+,73+,74+,75-,78-/m0/s1. The highest BCUT2D eigenvalue weighted by Gasteiger charge is 2.46. The summed E-state index contributed by atoms with van der Waals surface area (Å²) in [5, 5.41) is 103. The van der Waals surface area contributed by atoms with E-state index in [2.05, 4.69) is 88.4 Å². The first kappa shape index (κ1) is 126. The summed E-state index contributed by atoms with van der Waals surface area (Å²) >= 11 is 0. The number of aryl methyl sites for hydroxylation is 1. The van der Waals surface area contributed by atoms with Crippen LogP contribution in [-0.4, -0.2) is 279 Å². The lowest BCUT2D eigenvalue weighted by molar-refractivity contribution is -0.433. The van der Waals surface area contributed by atoms with E-state index < -0.39 is 360 Å². The summed E-state index contributed by atoms with van der Waals surface area (Å²) in [7, 11) is -4.62. The monoisotopic (exact) mass is 2110 g/mol. The number of unbranched alkanes of at least 4 members (excludes halogenated alkanes) is 2. The van der Waals surface area contributed by atoms with Gasteiger partial charge in [-0.05, 0) is 172 Å². The van der Waals surface area contributed by atoms with Gasteiger partial charge in [0.15, 0.2) is 40.4 Å². The van der Waals surface area contributed by atoms with E-state index in [0.717, 1.165) is 29.2 Å². The van der Waals surface area contributed by atoms with Crippen molar-refractivity contribution in [3.05, 3.63) is 101 Å². The number of carbonyl (C=O) groups is 22. The maximum Gasteiger partial charge on any atom is 0.303 e. The van der Waals surface area contributed by atoms with Crippen molar-refractivity contribution in [2.75, 3.05) is 37.7 Å². The smallest absolute Gasteiger partial charge is 0.303 e. The van der Waals surface area contributed by atoms with Gasteiger partial charge in [-0.1, -0.05) is 83.0 Å². The average molecular weight is 2110 g/mol. The third-order valence-electron chi connectivity index (χ3n) is 26.4. The Bertz CT molecular complexity index is 5500. The molecule has 2 aromatic rings. The van der Waals surface area contributed by atoms with Gasteiger partial charge >= 0.3 is 53.7 Å². The van der Waals surface area contributed by atoms with Gasteiger partial charge in [-0.25, -0.2) is 0 Å². The largest absolute Gasteiger partial charge is 0.481 e. The van der Waals surface area contributed by atoms with E-state index in [0.29, 0.717) is 56.3 Å². The number of ketones is 6. The Balaban J connectivity index is 1.31. The summed E-state index contributed by atoms with van der Waals surface area (Å²) in [5.74, 6) is -33.7. The van der Waals surface area contributed by atoms with Gasteiger partial charge in [0.1, 0.15) is 19.2 Å². The van der Waals surface area contributed by atoms with Crippen LogP contribution in [0.15, 0.2) is 89.5 Å². The molecule has 0 unspecified atom stereocenters. The number of carbonyl (C=O) groups excluding carboxylic acids is 13. The average Bonchev–Trinajstić information content (AvgIpc) is 1.59. The van der Waals surface area contributed by atoms with Gasteiger partial charge in [0.05, 0.1) is 46.6 Å². The van der Waals surface area contributed by atoms with Crippen molar-refractivity contribution in [1.82, 2.24) is 36.8 Å². The number of aliphatic carboxylic acids is 9. The molecular weight excluding hydrogens is 1970 g/mol. The second-order valence-electron chi connectivity index (χ2n) is 39.2. The summed E-state index contributed by atoms with van der Waals surface area (Å²) in [6.07, 6.45) is -3.19. The van der Waals surface area contributed by atoms with Crippen molar-refractivity contribution in [3.63, 3.8) is 0 Å². The highest BCUT2D eigenvalue weighted by atomic mass is 32.2.